The van der Waals surface area contributed by atoms with Gasteiger partial charge in [-0.05, 0) is 18.2 Å². The van der Waals surface area contributed by atoms with Gasteiger partial charge in [0, 0.05) is 116 Å². The maximum atomic E-state index is 11.8. The van der Waals surface area contributed by atoms with Crippen molar-refractivity contribution < 1.29 is 19.1 Å². The first-order valence-electron chi connectivity index (χ1n) is 16.8. The summed E-state index contributed by atoms with van der Waals surface area (Å²) in [6, 6.07) is 17.8. The molecule has 0 bridgehead atoms. The number of hydrogen-bond donors (Lipinski definition) is 2. The molecule has 50 heavy (non-hydrogen) atoms. The number of rotatable bonds is 9. The number of likely N-dealkylation sites (tertiary alicyclic amines) is 2. The van der Waals surface area contributed by atoms with Gasteiger partial charge >= 0.3 is 0 Å². The van der Waals surface area contributed by atoms with Gasteiger partial charge in [-0.1, -0.05) is 59.6 Å². The molecule has 0 atom stereocenters. The van der Waals surface area contributed by atoms with Crippen molar-refractivity contribution in [1.29, 1.82) is 0 Å². The topological polar surface area (TPSA) is 109 Å². The van der Waals surface area contributed by atoms with E-state index in [2.05, 4.69) is 31.5 Å². The fourth-order valence-electron chi connectivity index (χ4n) is 8.19. The van der Waals surface area contributed by atoms with Gasteiger partial charge in [-0.3, -0.25) is 24.4 Å². The molecule has 6 heterocycles. The summed E-state index contributed by atoms with van der Waals surface area (Å²) in [6.07, 6.45) is 2.94. The molecule has 4 aromatic rings. The first-order chi connectivity index (χ1) is 24.2. The summed E-state index contributed by atoms with van der Waals surface area (Å²) < 4.78 is 11.5. The van der Waals surface area contributed by atoms with Crippen molar-refractivity contribution in [2.45, 2.75) is 25.9 Å². The minimum atomic E-state index is 0.0600. The lowest BCUT2D eigenvalue weighted by Gasteiger charge is -2.47. The normalized spacial score (nSPS) is 19.3. The van der Waals surface area contributed by atoms with Crippen molar-refractivity contribution in [3.63, 3.8) is 0 Å². The number of methoxy groups -OCH3 is 2. The highest BCUT2D eigenvalue weighted by Gasteiger charge is 2.49. The summed E-state index contributed by atoms with van der Waals surface area (Å²) in [5.41, 5.74) is 6.62. The molecular formula is C38H38Cl2N6O4. The molecule has 0 unspecified atom stereocenters. The molecule has 2 spiro atoms. The van der Waals surface area contributed by atoms with Crippen molar-refractivity contribution in [2.24, 2.45) is 10.8 Å². The van der Waals surface area contributed by atoms with Crippen molar-refractivity contribution >= 4 is 35.0 Å². The molecule has 4 saturated heterocycles. The highest BCUT2D eigenvalue weighted by atomic mass is 35.5. The van der Waals surface area contributed by atoms with Crippen LogP contribution in [0, 0.1) is 10.8 Å². The SMILES string of the molecule is COc1cc(-c2nccc(-c3cccc(-c4ccc(CN5CC6(CNC(=O)C6)C5)c(OC)n4)c3Cl)c2Cl)ccc1CN1CC2(CNC(=O)C2)C1. The van der Waals surface area contributed by atoms with E-state index in [0.29, 0.717) is 46.7 Å². The van der Waals surface area contributed by atoms with E-state index < -0.39 is 0 Å². The van der Waals surface area contributed by atoms with E-state index in [9.17, 15) is 9.59 Å². The summed E-state index contributed by atoms with van der Waals surface area (Å²) in [4.78, 5) is 37.7. The second-order valence-corrected chi connectivity index (χ2v) is 15.0. The summed E-state index contributed by atoms with van der Waals surface area (Å²) in [5.74, 6) is 1.59. The first kappa shape index (κ1) is 33.0. The van der Waals surface area contributed by atoms with E-state index >= 15 is 0 Å². The molecule has 10 nitrogen and oxygen atoms in total. The Hall–Kier alpha value is -4.22. The maximum absolute atomic E-state index is 11.8. The summed E-state index contributed by atoms with van der Waals surface area (Å²) in [5, 5.41) is 6.94. The number of aromatic nitrogens is 2. The number of halogens is 2. The van der Waals surface area contributed by atoms with Gasteiger partial charge in [0.05, 0.1) is 35.7 Å². The van der Waals surface area contributed by atoms with Crippen LogP contribution in [0.15, 0.2) is 60.8 Å². The molecule has 0 aliphatic carbocycles. The van der Waals surface area contributed by atoms with E-state index in [1.165, 1.54) is 0 Å². The standard InChI is InChI=1S/C38H38Cl2N6O4/c1-49-30-12-23(6-7-24(30)15-45-19-37(20-45)13-31(47)42-17-37)35-34(40)27(10-11-41-35)26-4-3-5-28(33(26)39)29-9-8-25(36(44-29)50-2)16-46-21-38(22-46)14-32(48)43-18-38/h3-12H,13-22H2,1-2H3,(H,42,47)(H,43,48). The second-order valence-electron chi connectivity index (χ2n) is 14.3. The van der Waals surface area contributed by atoms with Gasteiger partial charge in [0.15, 0.2) is 0 Å². The number of carbonyl (C=O) groups excluding carboxylic acids is 2. The van der Waals surface area contributed by atoms with Gasteiger partial charge in [0.1, 0.15) is 5.75 Å². The van der Waals surface area contributed by atoms with Gasteiger partial charge in [0.25, 0.3) is 0 Å². The zero-order valence-corrected chi connectivity index (χ0v) is 29.5. The number of hydrogen-bond acceptors (Lipinski definition) is 8. The number of benzene rings is 2. The number of ether oxygens (including phenoxy) is 2. The second kappa shape index (κ2) is 12.8. The monoisotopic (exact) mass is 712 g/mol. The third kappa shape index (κ3) is 5.98. The van der Waals surface area contributed by atoms with Crippen LogP contribution < -0.4 is 20.1 Å². The lowest BCUT2D eigenvalue weighted by Crippen LogP contribution is -2.56. The number of amides is 2. The Morgan fingerprint density at radius 1 is 0.760 bits per heavy atom. The van der Waals surface area contributed by atoms with Crippen LogP contribution in [0.1, 0.15) is 24.0 Å². The summed E-state index contributed by atoms with van der Waals surface area (Å²) in [7, 11) is 3.30. The Kier molecular flexibility index (Phi) is 8.46. The van der Waals surface area contributed by atoms with Gasteiger partial charge in [-0.15, -0.1) is 0 Å². The van der Waals surface area contributed by atoms with Gasteiger partial charge in [0.2, 0.25) is 17.7 Å². The maximum Gasteiger partial charge on any atom is 0.220 e. The Bertz CT molecular complexity index is 1870. The van der Waals surface area contributed by atoms with Crippen LogP contribution >= 0.6 is 23.2 Å². The predicted octanol–water partition coefficient (Wildman–Crippen LogP) is 5.45. The lowest BCUT2D eigenvalue weighted by atomic mass is 9.79. The quantitative estimate of drug-likeness (QED) is 0.236. The predicted molar refractivity (Wildman–Crippen MR) is 192 cm³/mol. The van der Waals surface area contributed by atoms with Gasteiger partial charge in [-0.2, -0.15) is 0 Å². The smallest absolute Gasteiger partial charge is 0.220 e. The highest BCUT2D eigenvalue weighted by Crippen LogP contribution is 2.44. The average Bonchev–Trinajstić information content (AvgIpc) is 3.68. The van der Waals surface area contributed by atoms with Crippen LogP contribution in [0.25, 0.3) is 33.6 Å². The molecule has 12 heteroatoms. The minimum Gasteiger partial charge on any atom is -0.496 e. The third-order valence-corrected chi connectivity index (χ3v) is 11.4. The number of nitrogens with zero attached hydrogens (tertiary/aromatic N) is 4. The number of pyridine rings is 2. The van der Waals surface area contributed by atoms with E-state index in [1.54, 1.807) is 20.4 Å². The molecule has 4 fully saturated rings. The zero-order valence-electron chi connectivity index (χ0n) is 28.0. The number of nitrogens with one attached hydrogen (secondary N) is 2. The molecular weight excluding hydrogens is 675 g/mol. The van der Waals surface area contributed by atoms with Crippen LogP contribution in [0.4, 0.5) is 0 Å². The van der Waals surface area contributed by atoms with Crippen molar-refractivity contribution in [3.05, 3.63) is 82.0 Å². The number of carbonyl (C=O) groups is 2. The van der Waals surface area contributed by atoms with Crippen LogP contribution in [0.5, 0.6) is 11.6 Å². The van der Waals surface area contributed by atoms with Crippen LogP contribution in [-0.2, 0) is 22.7 Å². The van der Waals surface area contributed by atoms with Crippen LogP contribution in [0.3, 0.4) is 0 Å². The van der Waals surface area contributed by atoms with Crippen molar-refractivity contribution in [3.8, 4) is 45.3 Å². The Morgan fingerprint density at radius 3 is 2.00 bits per heavy atom. The van der Waals surface area contributed by atoms with Gasteiger partial charge in [-0.25, -0.2) is 4.98 Å². The molecule has 2 aromatic carbocycles. The highest BCUT2D eigenvalue weighted by molar-refractivity contribution is 6.39. The molecule has 2 amide bonds. The molecule has 2 N–H and O–H groups in total. The minimum absolute atomic E-state index is 0.0600. The Morgan fingerprint density at radius 2 is 1.38 bits per heavy atom. The Labute approximate surface area is 301 Å². The van der Waals surface area contributed by atoms with Gasteiger partial charge < -0.3 is 20.1 Å². The average molecular weight is 714 g/mol. The van der Waals surface area contributed by atoms with Crippen molar-refractivity contribution in [2.75, 3.05) is 53.5 Å². The molecule has 2 aromatic heterocycles. The fourth-order valence-corrected chi connectivity index (χ4v) is 8.84. The molecule has 0 radical (unpaired) electrons. The third-order valence-electron chi connectivity index (χ3n) is 10.6. The summed E-state index contributed by atoms with van der Waals surface area (Å²) >= 11 is 14.2. The van der Waals surface area contributed by atoms with E-state index in [4.69, 9.17) is 37.7 Å². The fraction of sp³-hybridized carbons (Fsp3) is 0.368. The molecule has 0 saturated carbocycles. The zero-order chi connectivity index (χ0) is 34.6. The summed E-state index contributed by atoms with van der Waals surface area (Å²) in [6.45, 7) is 6.46. The molecule has 4 aliphatic heterocycles. The Balaban J connectivity index is 1.01. The molecule has 8 rings (SSSR count). The van der Waals surface area contributed by atoms with Crippen LogP contribution in [-0.4, -0.2) is 85.1 Å². The van der Waals surface area contributed by atoms with Crippen molar-refractivity contribution in [1.82, 2.24) is 30.4 Å². The largest absolute Gasteiger partial charge is 0.496 e. The molecule has 4 aliphatic rings. The van der Waals surface area contributed by atoms with E-state index in [-0.39, 0.29) is 22.6 Å². The first-order valence-corrected chi connectivity index (χ1v) is 17.6. The van der Waals surface area contributed by atoms with Crippen LogP contribution in [0.2, 0.25) is 10.0 Å². The van der Waals surface area contributed by atoms with E-state index in [1.807, 2.05) is 48.5 Å². The lowest BCUT2D eigenvalue weighted by molar-refractivity contribution is -0.121. The molecule has 258 valence electrons. The van der Waals surface area contributed by atoms with E-state index in [0.717, 1.165) is 84.9 Å².